The highest BCUT2D eigenvalue weighted by Crippen LogP contribution is 2.24. The van der Waals surface area contributed by atoms with Crippen LogP contribution in [-0.2, 0) is 12.8 Å². The molecular formula is C19H16N2O3. The van der Waals surface area contributed by atoms with Gasteiger partial charge in [0.15, 0.2) is 0 Å². The molecule has 0 saturated heterocycles. The Balaban J connectivity index is 1.58. The van der Waals surface area contributed by atoms with Gasteiger partial charge in [0, 0.05) is 11.3 Å². The lowest BCUT2D eigenvalue weighted by Gasteiger charge is -2.16. The molecule has 0 atom stereocenters. The Morgan fingerprint density at radius 3 is 2.46 bits per heavy atom. The number of anilines is 1. The van der Waals surface area contributed by atoms with Crippen LogP contribution in [0.25, 0.3) is 0 Å². The van der Waals surface area contributed by atoms with E-state index in [1.165, 1.54) is 23.6 Å². The molecule has 1 aliphatic heterocycles. The fourth-order valence-electron chi connectivity index (χ4n) is 3.32. The SMILES string of the molecule is O=C(Nc1ccc2c(c1)C(=O)NC2=O)c1ccc2c(c1)CCCC2. The van der Waals surface area contributed by atoms with Crippen LogP contribution in [0.15, 0.2) is 36.4 Å². The van der Waals surface area contributed by atoms with Gasteiger partial charge in [-0.05, 0) is 67.1 Å². The quantitative estimate of drug-likeness (QED) is 0.835. The first kappa shape index (κ1) is 14.6. The van der Waals surface area contributed by atoms with E-state index in [4.69, 9.17) is 0 Å². The van der Waals surface area contributed by atoms with Crippen LogP contribution in [0, 0.1) is 0 Å². The number of amides is 3. The van der Waals surface area contributed by atoms with Gasteiger partial charge in [0.1, 0.15) is 0 Å². The second-order valence-corrected chi connectivity index (χ2v) is 6.19. The molecule has 3 amide bonds. The predicted octanol–water partition coefficient (Wildman–Crippen LogP) is 2.70. The largest absolute Gasteiger partial charge is 0.322 e. The Labute approximate surface area is 139 Å². The molecule has 2 N–H and O–H groups in total. The summed E-state index contributed by atoms with van der Waals surface area (Å²) in [6.45, 7) is 0. The molecule has 0 aromatic heterocycles. The highest BCUT2D eigenvalue weighted by molar-refractivity contribution is 6.22. The molecule has 0 spiro atoms. The van der Waals surface area contributed by atoms with Crippen LogP contribution < -0.4 is 10.6 Å². The number of imide groups is 1. The maximum Gasteiger partial charge on any atom is 0.259 e. The number of hydrogen-bond donors (Lipinski definition) is 2. The number of benzene rings is 2. The van der Waals surface area contributed by atoms with Crippen molar-refractivity contribution in [1.29, 1.82) is 0 Å². The number of fused-ring (bicyclic) bond motifs is 2. The summed E-state index contributed by atoms with van der Waals surface area (Å²) in [4.78, 5) is 35.7. The van der Waals surface area contributed by atoms with Gasteiger partial charge in [-0.25, -0.2) is 0 Å². The fraction of sp³-hybridized carbons (Fsp3) is 0.211. The fourth-order valence-corrected chi connectivity index (χ4v) is 3.32. The molecule has 2 aliphatic rings. The van der Waals surface area contributed by atoms with Crippen molar-refractivity contribution in [2.75, 3.05) is 5.32 Å². The smallest absolute Gasteiger partial charge is 0.259 e. The molecular weight excluding hydrogens is 304 g/mol. The molecule has 0 fully saturated rings. The molecule has 5 heteroatoms. The summed E-state index contributed by atoms with van der Waals surface area (Å²) in [5.74, 6) is -1.05. The average Bonchev–Trinajstić information content (AvgIpc) is 2.88. The molecule has 0 radical (unpaired) electrons. The lowest BCUT2D eigenvalue weighted by atomic mass is 9.90. The van der Waals surface area contributed by atoms with E-state index in [2.05, 4.69) is 10.6 Å². The molecule has 0 unspecified atom stereocenters. The van der Waals surface area contributed by atoms with E-state index in [1.807, 2.05) is 18.2 Å². The molecule has 2 aromatic carbocycles. The zero-order valence-electron chi connectivity index (χ0n) is 13.0. The maximum atomic E-state index is 12.5. The Kier molecular flexibility index (Phi) is 3.41. The predicted molar refractivity (Wildman–Crippen MR) is 89.3 cm³/mol. The Bertz CT molecular complexity index is 886. The van der Waals surface area contributed by atoms with Crippen molar-refractivity contribution in [3.63, 3.8) is 0 Å². The summed E-state index contributed by atoms with van der Waals surface area (Å²) in [6, 6.07) is 10.5. The normalized spacial score (nSPS) is 15.5. The Morgan fingerprint density at radius 1 is 0.875 bits per heavy atom. The summed E-state index contributed by atoms with van der Waals surface area (Å²) in [7, 11) is 0. The van der Waals surface area contributed by atoms with Crippen LogP contribution in [-0.4, -0.2) is 17.7 Å². The molecule has 1 aliphatic carbocycles. The van der Waals surface area contributed by atoms with Gasteiger partial charge in [0.2, 0.25) is 0 Å². The standard InChI is InChI=1S/C19H16N2O3/c22-17(13-6-5-11-3-1-2-4-12(11)9-13)20-14-7-8-15-16(10-14)19(24)21-18(15)23/h5-10H,1-4H2,(H,20,22)(H,21,23,24). The highest BCUT2D eigenvalue weighted by Gasteiger charge is 2.26. The summed E-state index contributed by atoms with van der Waals surface area (Å²) in [5.41, 5.74) is 4.31. The van der Waals surface area contributed by atoms with E-state index in [1.54, 1.807) is 12.1 Å². The van der Waals surface area contributed by atoms with Gasteiger partial charge < -0.3 is 5.32 Å². The summed E-state index contributed by atoms with van der Waals surface area (Å²) in [6.07, 6.45) is 4.45. The van der Waals surface area contributed by atoms with Gasteiger partial charge in [-0.1, -0.05) is 6.07 Å². The Morgan fingerprint density at radius 2 is 1.62 bits per heavy atom. The molecule has 1 heterocycles. The van der Waals surface area contributed by atoms with Crippen LogP contribution in [0.3, 0.4) is 0 Å². The molecule has 0 saturated carbocycles. The average molecular weight is 320 g/mol. The van der Waals surface area contributed by atoms with Crippen molar-refractivity contribution in [2.45, 2.75) is 25.7 Å². The molecule has 4 rings (SSSR count). The van der Waals surface area contributed by atoms with Crippen LogP contribution in [0.1, 0.15) is 55.0 Å². The number of carbonyl (C=O) groups excluding carboxylic acids is 3. The first-order valence-corrected chi connectivity index (χ1v) is 8.05. The monoisotopic (exact) mass is 320 g/mol. The van der Waals surface area contributed by atoms with Crippen LogP contribution in [0.2, 0.25) is 0 Å². The Hall–Kier alpha value is -2.95. The minimum atomic E-state index is -0.431. The maximum absolute atomic E-state index is 12.5. The van der Waals surface area contributed by atoms with Crippen molar-refractivity contribution in [3.05, 3.63) is 64.2 Å². The minimum Gasteiger partial charge on any atom is -0.322 e. The minimum absolute atomic E-state index is 0.215. The van der Waals surface area contributed by atoms with E-state index in [0.717, 1.165) is 19.3 Å². The van der Waals surface area contributed by atoms with Gasteiger partial charge >= 0.3 is 0 Å². The van der Waals surface area contributed by atoms with E-state index in [-0.39, 0.29) is 5.91 Å². The molecule has 120 valence electrons. The second kappa shape index (κ2) is 5.60. The topological polar surface area (TPSA) is 75.3 Å². The van der Waals surface area contributed by atoms with Crippen LogP contribution in [0.5, 0.6) is 0 Å². The van der Waals surface area contributed by atoms with Gasteiger partial charge in [0.25, 0.3) is 17.7 Å². The number of hydrogen-bond acceptors (Lipinski definition) is 3. The van der Waals surface area contributed by atoms with Crippen LogP contribution in [0.4, 0.5) is 5.69 Å². The third-order valence-corrected chi connectivity index (χ3v) is 4.60. The molecule has 0 bridgehead atoms. The third kappa shape index (κ3) is 2.48. The van der Waals surface area contributed by atoms with Crippen molar-refractivity contribution >= 4 is 23.4 Å². The van der Waals surface area contributed by atoms with Gasteiger partial charge in [-0.15, -0.1) is 0 Å². The molecule has 5 nitrogen and oxygen atoms in total. The van der Waals surface area contributed by atoms with Crippen molar-refractivity contribution in [3.8, 4) is 0 Å². The second-order valence-electron chi connectivity index (χ2n) is 6.19. The van der Waals surface area contributed by atoms with E-state index in [0.29, 0.717) is 22.4 Å². The van der Waals surface area contributed by atoms with Gasteiger partial charge in [-0.2, -0.15) is 0 Å². The first-order chi connectivity index (χ1) is 11.6. The van der Waals surface area contributed by atoms with E-state index < -0.39 is 11.8 Å². The number of nitrogens with one attached hydrogen (secondary N) is 2. The zero-order chi connectivity index (χ0) is 16.7. The molecule has 2 aromatic rings. The zero-order valence-corrected chi connectivity index (χ0v) is 13.0. The van der Waals surface area contributed by atoms with Crippen molar-refractivity contribution < 1.29 is 14.4 Å². The number of aryl methyl sites for hydroxylation is 2. The lowest BCUT2D eigenvalue weighted by Crippen LogP contribution is -2.19. The van der Waals surface area contributed by atoms with Crippen molar-refractivity contribution in [1.82, 2.24) is 5.32 Å². The van der Waals surface area contributed by atoms with Crippen molar-refractivity contribution in [2.24, 2.45) is 0 Å². The van der Waals surface area contributed by atoms with E-state index in [9.17, 15) is 14.4 Å². The van der Waals surface area contributed by atoms with E-state index >= 15 is 0 Å². The van der Waals surface area contributed by atoms with Gasteiger partial charge in [0.05, 0.1) is 11.1 Å². The summed E-state index contributed by atoms with van der Waals surface area (Å²) >= 11 is 0. The number of carbonyl (C=O) groups is 3. The first-order valence-electron chi connectivity index (χ1n) is 8.05. The third-order valence-electron chi connectivity index (χ3n) is 4.60. The molecule has 24 heavy (non-hydrogen) atoms. The summed E-state index contributed by atoms with van der Waals surface area (Å²) < 4.78 is 0. The van der Waals surface area contributed by atoms with Crippen LogP contribution >= 0.6 is 0 Å². The lowest BCUT2D eigenvalue weighted by molar-refractivity contribution is 0.0878. The summed E-state index contributed by atoms with van der Waals surface area (Å²) in [5, 5.41) is 5.04. The highest BCUT2D eigenvalue weighted by atomic mass is 16.2. The number of rotatable bonds is 2. The van der Waals surface area contributed by atoms with Gasteiger partial charge in [-0.3, -0.25) is 19.7 Å².